The van der Waals surface area contributed by atoms with E-state index in [4.69, 9.17) is 0 Å². The lowest BCUT2D eigenvalue weighted by Gasteiger charge is -2.49. The van der Waals surface area contributed by atoms with Crippen molar-refractivity contribution >= 4 is 7.44 Å². The van der Waals surface area contributed by atoms with Crippen LogP contribution in [0.3, 0.4) is 0 Å². The summed E-state index contributed by atoms with van der Waals surface area (Å²) in [6.45, 7) is 16.7. The third-order valence-corrected chi connectivity index (χ3v) is 7.90. The molecule has 0 saturated carbocycles. The van der Waals surface area contributed by atoms with E-state index in [9.17, 15) is 4.57 Å². The SMILES string of the molecule is CC(C)N(C)P(=O)(N(C)C(C)(C)C)C(C)(C)C. The second kappa shape index (κ2) is 5.03. The minimum Gasteiger partial charge on any atom is -0.288 e. The Morgan fingerprint density at radius 3 is 1.47 bits per heavy atom. The first-order valence-electron chi connectivity index (χ1n) is 6.34. The molecule has 0 aliphatic carbocycles. The fourth-order valence-electron chi connectivity index (χ4n) is 1.85. The van der Waals surface area contributed by atoms with Crippen molar-refractivity contribution in [2.75, 3.05) is 14.1 Å². The zero-order chi connectivity index (χ0) is 14.2. The van der Waals surface area contributed by atoms with Crippen molar-refractivity contribution in [3.05, 3.63) is 0 Å². The molecule has 0 N–H and O–H groups in total. The molecule has 0 bridgehead atoms. The Morgan fingerprint density at radius 1 is 0.941 bits per heavy atom. The van der Waals surface area contributed by atoms with E-state index in [1.165, 1.54) is 0 Å². The summed E-state index contributed by atoms with van der Waals surface area (Å²) < 4.78 is 17.7. The van der Waals surface area contributed by atoms with Gasteiger partial charge in [-0.05, 0) is 48.7 Å². The smallest absolute Gasteiger partial charge is 0.221 e. The molecule has 0 radical (unpaired) electrons. The van der Waals surface area contributed by atoms with Gasteiger partial charge in [-0.1, -0.05) is 20.8 Å². The van der Waals surface area contributed by atoms with Crippen LogP contribution >= 0.6 is 7.44 Å². The van der Waals surface area contributed by atoms with Crippen LogP contribution in [-0.2, 0) is 4.57 Å². The maximum atomic E-state index is 13.6. The molecule has 104 valence electrons. The van der Waals surface area contributed by atoms with Gasteiger partial charge in [-0.25, -0.2) is 9.34 Å². The van der Waals surface area contributed by atoms with E-state index >= 15 is 0 Å². The zero-order valence-corrected chi connectivity index (χ0v) is 14.2. The highest BCUT2D eigenvalue weighted by Gasteiger charge is 2.48. The summed E-state index contributed by atoms with van der Waals surface area (Å²) in [7, 11) is 1.35. The zero-order valence-electron chi connectivity index (χ0n) is 13.3. The summed E-state index contributed by atoms with van der Waals surface area (Å²) >= 11 is 0. The molecule has 0 amide bonds. The quantitative estimate of drug-likeness (QED) is 0.717. The molecule has 0 aromatic heterocycles. The van der Waals surface area contributed by atoms with Crippen LogP contribution in [0, 0.1) is 0 Å². The van der Waals surface area contributed by atoms with Gasteiger partial charge in [0.05, 0.1) is 0 Å². The van der Waals surface area contributed by atoms with Crippen LogP contribution in [0.2, 0.25) is 0 Å². The molecule has 3 nitrogen and oxygen atoms in total. The van der Waals surface area contributed by atoms with Crippen LogP contribution in [0.25, 0.3) is 0 Å². The molecular formula is C13H31N2OP. The van der Waals surface area contributed by atoms with Crippen LogP contribution in [0.1, 0.15) is 55.4 Å². The first kappa shape index (κ1) is 17.2. The van der Waals surface area contributed by atoms with Gasteiger partial charge in [0, 0.05) is 16.7 Å². The van der Waals surface area contributed by atoms with E-state index in [0.29, 0.717) is 0 Å². The summed E-state index contributed by atoms with van der Waals surface area (Å²) in [6, 6.07) is 0.268. The highest BCUT2D eigenvalue weighted by Crippen LogP contribution is 2.64. The lowest BCUT2D eigenvalue weighted by molar-refractivity contribution is 0.244. The van der Waals surface area contributed by atoms with E-state index < -0.39 is 7.44 Å². The number of rotatable bonds is 3. The summed E-state index contributed by atoms with van der Waals surface area (Å²) in [5.74, 6) is 0. The Hall–Kier alpha value is 0.150. The molecule has 4 heteroatoms. The minimum absolute atomic E-state index is 0.105. The highest BCUT2D eigenvalue weighted by atomic mass is 31.2. The third kappa shape index (κ3) is 3.33. The average Bonchev–Trinajstić information content (AvgIpc) is 2.10. The van der Waals surface area contributed by atoms with E-state index in [1.807, 2.05) is 18.8 Å². The second-order valence-corrected chi connectivity index (χ2v) is 10.7. The topological polar surface area (TPSA) is 23.6 Å². The predicted molar refractivity (Wildman–Crippen MR) is 77.8 cm³/mol. The lowest BCUT2D eigenvalue weighted by Crippen LogP contribution is -2.46. The first-order chi connectivity index (χ1) is 7.26. The van der Waals surface area contributed by atoms with Gasteiger partial charge in [-0.2, -0.15) is 0 Å². The molecule has 1 atom stereocenters. The van der Waals surface area contributed by atoms with Crippen LogP contribution in [0.5, 0.6) is 0 Å². The van der Waals surface area contributed by atoms with Gasteiger partial charge in [-0.3, -0.25) is 4.57 Å². The Labute approximate surface area is 108 Å². The molecule has 0 aliphatic rings. The van der Waals surface area contributed by atoms with Crippen molar-refractivity contribution in [3.63, 3.8) is 0 Å². The Morgan fingerprint density at radius 2 is 1.29 bits per heavy atom. The van der Waals surface area contributed by atoms with Crippen molar-refractivity contribution in [2.24, 2.45) is 0 Å². The standard InChI is InChI=1S/C13H31N2OP/c1-11(2)14(9)17(16,13(6,7)8)15(10)12(3,4)5/h11H,1-10H3. The molecule has 0 fully saturated rings. The summed E-state index contributed by atoms with van der Waals surface area (Å²) in [6.07, 6.45) is 0. The first-order valence-corrected chi connectivity index (χ1v) is 7.95. The van der Waals surface area contributed by atoms with E-state index in [0.717, 1.165) is 0 Å². The second-order valence-electron chi connectivity index (χ2n) is 7.08. The number of hydrogen-bond acceptors (Lipinski definition) is 1. The number of hydrogen-bond donors (Lipinski definition) is 0. The van der Waals surface area contributed by atoms with Crippen LogP contribution < -0.4 is 0 Å². The van der Waals surface area contributed by atoms with E-state index in [1.54, 1.807) is 0 Å². The van der Waals surface area contributed by atoms with Gasteiger partial charge in [0.25, 0.3) is 0 Å². The Kier molecular flexibility index (Phi) is 5.07. The normalized spacial score (nSPS) is 17.9. The molecule has 0 heterocycles. The minimum atomic E-state index is -2.60. The molecule has 0 aromatic rings. The van der Waals surface area contributed by atoms with Gasteiger partial charge in [0.1, 0.15) is 0 Å². The average molecular weight is 262 g/mol. The lowest BCUT2D eigenvalue weighted by atomic mass is 10.1. The van der Waals surface area contributed by atoms with Crippen LogP contribution in [0.4, 0.5) is 0 Å². The van der Waals surface area contributed by atoms with Gasteiger partial charge < -0.3 is 0 Å². The maximum Gasteiger partial charge on any atom is 0.221 e. The fraction of sp³-hybridized carbons (Fsp3) is 1.00. The van der Waals surface area contributed by atoms with Crippen molar-refractivity contribution in [3.8, 4) is 0 Å². The molecule has 0 saturated heterocycles. The molecule has 0 spiro atoms. The van der Waals surface area contributed by atoms with Crippen molar-refractivity contribution in [1.29, 1.82) is 0 Å². The predicted octanol–water partition coefficient (Wildman–Crippen LogP) is 4.05. The van der Waals surface area contributed by atoms with Crippen molar-refractivity contribution in [1.82, 2.24) is 9.34 Å². The monoisotopic (exact) mass is 262 g/mol. The maximum absolute atomic E-state index is 13.6. The number of nitrogens with zero attached hydrogens (tertiary/aromatic N) is 2. The van der Waals surface area contributed by atoms with E-state index in [2.05, 4.69) is 60.1 Å². The highest BCUT2D eigenvalue weighted by molar-refractivity contribution is 7.60. The van der Waals surface area contributed by atoms with Gasteiger partial charge >= 0.3 is 0 Å². The van der Waals surface area contributed by atoms with E-state index in [-0.39, 0.29) is 16.7 Å². The Balaban J connectivity index is 5.68. The summed E-state index contributed by atoms with van der Waals surface area (Å²) in [5, 5.41) is -0.256. The largest absolute Gasteiger partial charge is 0.288 e. The molecule has 0 aromatic carbocycles. The van der Waals surface area contributed by atoms with Gasteiger partial charge in [0.2, 0.25) is 7.44 Å². The van der Waals surface area contributed by atoms with Crippen molar-refractivity contribution < 1.29 is 4.57 Å². The van der Waals surface area contributed by atoms with Crippen molar-refractivity contribution in [2.45, 2.75) is 72.1 Å². The van der Waals surface area contributed by atoms with Gasteiger partial charge in [0.15, 0.2) is 0 Å². The molecule has 0 rings (SSSR count). The molecule has 0 aliphatic heterocycles. The third-order valence-electron chi connectivity index (χ3n) is 3.43. The molecular weight excluding hydrogens is 231 g/mol. The van der Waals surface area contributed by atoms with Crippen LogP contribution in [-0.4, -0.2) is 40.2 Å². The summed E-state index contributed by atoms with van der Waals surface area (Å²) in [4.78, 5) is 0. The molecule has 1 unspecified atom stereocenters. The van der Waals surface area contributed by atoms with Crippen LogP contribution in [0.15, 0.2) is 0 Å². The summed E-state index contributed by atoms with van der Waals surface area (Å²) in [5.41, 5.74) is -0.105. The Bertz CT molecular complexity index is 300. The molecule has 17 heavy (non-hydrogen) atoms. The fourth-order valence-corrected chi connectivity index (χ4v) is 5.56. The van der Waals surface area contributed by atoms with Gasteiger partial charge in [-0.15, -0.1) is 0 Å².